The molecule has 1 fully saturated rings. The van der Waals surface area contributed by atoms with E-state index >= 15 is 0 Å². The van der Waals surface area contributed by atoms with Crippen LogP contribution in [0, 0.1) is 12.7 Å². The molecule has 1 aliphatic rings. The lowest BCUT2D eigenvalue weighted by Crippen LogP contribution is -2.32. The van der Waals surface area contributed by atoms with Gasteiger partial charge in [0, 0.05) is 12.1 Å². The quantitative estimate of drug-likeness (QED) is 0.461. The second-order valence-electron chi connectivity index (χ2n) is 7.57. The standard InChI is InChI=1S/C23H25FN2O3/c1-15-5-7-16(8-6-15)20-19(21(27)17-9-11-18(24)12-10-17)22(28)23(29)26(20)14-4-13-25(2)3/h5-12,20,27H,4,13-14H2,1-3H3/t20-/m1/s1. The van der Waals surface area contributed by atoms with Crippen LogP contribution in [-0.4, -0.2) is 53.8 Å². The number of rotatable bonds is 6. The van der Waals surface area contributed by atoms with Crippen LogP contribution in [0.1, 0.15) is 29.2 Å². The van der Waals surface area contributed by atoms with E-state index in [1.54, 1.807) is 0 Å². The molecule has 1 heterocycles. The van der Waals surface area contributed by atoms with Crippen molar-refractivity contribution in [1.29, 1.82) is 0 Å². The predicted molar refractivity (Wildman–Crippen MR) is 110 cm³/mol. The molecule has 29 heavy (non-hydrogen) atoms. The van der Waals surface area contributed by atoms with Gasteiger partial charge in [-0.2, -0.15) is 0 Å². The molecular formula is C23H25FN2O3. The fourth-order valence-electron chi connectivity index (χ4n) is 3.53. The van der Waals surface area contributed by atoms with Gasteiger partial charge in [0.15, 0.2) is 0 Å². The first kappa shape index (κ1) is 20.7. The number of aliphatic hydroxyl groups excluding tert-OH is 1. The van der Waals surface area contributed by atoms with Gasteiger partial charge in [0.05, 0.1) is 11.6 Å². The Morgan fingerprint density at radius 3 is 2.28 bits per heavy atom. The van der Waals surface area contributed by atoms with Crippen molar-refractivity contribution in [3.8, 4) is 0 Å². The van der Waals surface area contributed by atoms with Crippen LogP contribution in [0.25, 0.3) is 5.76 Å². The number of aliphatic hydroxyl groups is 1. The number of likely N-dealkylation sites (tertiary alicyclic amines) is 1. The molecule has 6 heteroatoms. The fourth-order valence-corrected chi connectivity index (χ4v) is 3.53. The molecule has 1 N–H and O–H groups in total. The summed E-state index contributed by atoms with van der Waals surface area (Å²) >= 11 is 0. The van der Waals surface area contributed by atoms with Crippen molar-refractivity contribution in [2.24, 2.45) is 0 Å². The van der Waals surface area contributed by atoms with Gasteiger partial charge in [-0.1, -0.05) is 29.8 Å². The summed E-state index contributed by atoms with van der Waals surface area (Å²) in [5.74, 6) is -2.08. The summed E-state index contributed by atoms with van der Waals surface area (Å²) in [6, 6.07) is 12.1. The van der Waals surface area contributed by atoms with Gasteiger partial charge in [-0.15, -0.1) is 0 Å². The third kappa shape index (κ3) is 4.38. The number of hydrogen-bond acceptors (Lipinski definition) is 4. The lowest BCUT2D eigenvalue weighted by Gasteiger charge is -2.26. The van der Waals surface area contributed by atoms with Crippen LogP contribution in [0.3, 0.4) is 0 Å². The Labute approximate surface area is 170 Å². The predicted octanol–water partition coefficient (Wildman–Crippen LogP) is 3.51. The van der Waals surface area contributed by atoms with Crippen molar-refractivity contribution in [2.45, 2.75) is 19.4 Å². The third-order valence-corrected chi connectivity index (χ3v) is 5.06. The average Bonchev–Trinajstić information content (AvgIpc) is 2.93. The van der Waals surface area contributed by atoms with Gasteiger partial charge in [-0.3, -0.25) is 9.59 Å². The number of ketones is 1. The average molecular weight is 396 g/mol. The van der Waals surface area contributed by atoms with Gasteiger partial charge in [-0.25, -0.2) is 4.39 Å². The number of halogens is 1. The van der Waals surface area contributed by atoms with E-state index in [1.165, 1.54) is 29.2 Å². The lowest BCUT2D eigenvalue weighted by atomic mass is 9.94. The second-order valence-corrected chi connectivity index (χ2v) is 7.57. The van der Waals surface area contributed by atoms with Crippen LogP contribution in [0.2, 0.25) is 0 Å². The molecule has 0 unspecified atom stereocenters. The van der Waals surface area contributed by atoms with E-state index in [-0.39, 0.29) is 11.3 Å². The monoisotopic (exact) mass is 396 g/mol. The Balaban J connectivity index is 2.07. The van der Waals surface area contributed by atoms with E-state index in [2.05, 4.69) is 0 Å². The maximum absolute atomic E-state index is 13.3. The molecule has 0 saturated carbocycles. The van der Waals surface area contributed by atoms with E-state index in [1.807, 2.05) is 50.2 Å². The summed E-state index contributed by atoms with van der Waals surface area (Å²) in [6.45, 7) is 3.11. The molecule has 1 amide bonds. The largest absolute Gasteiger partial charge is 0.507 e. The number of aryl methyl sites for hydroxylation is 1. The van der Waals surface area contributed by atoms with Crippen molar-refractivity contribution >= 4 is 17.4 Å². The van der Waals surface area contributed by atoms with Crippen LogP contribution >= 0.6 is 0 Å². The molecule has 0 aliphatic carbocycles. The highest BCUT2D eigenvalue weighted by molar-refractivity contribution is 6.46. The molecule has 2 aromatic rings. The number of amides is 1. The summed E-state index contributed by atoms with van der Waals surface area (Å²) in [5.41, 5.74) is 2.14. The maximum atomic E-state index is 13.3. The zero-order valence-electron chi connectivity index (χ0n) is 16.9. The van der Waals surface area contributed by atoms with E-state index in [0.29, 0.717) is 18.5 Å². The maximum Gasteiger partial charge on any atom is 0.295 e. The van der Waals surface area contributed by atoms with Gasteiger partial charge >= 0.3 is 0 Å². The first-order chi connectivity index (χ1) is 13.8. The number of Topliss-reactive ketones (excluding diaryl/α,β-unsaturated/α-hetero) is 1. The molecule has 1 atom stereocenters. The normalized spacial score (nSPS) is 18.7. The van der Waals surface area contributed by atoms with Crippen LogP contribution in [0.5, 0.6) is 0 Å². The zero-order valence-corrected chi connectivity index (χ0v) is 16.9. The Hall–Kier alpha value is -2.99. The van der Waals surface area contributed by atoms with Crippen molar-refractivity contribution in [2.75, 3.05) is 27.2 Å². The van der Waals surface area contributed by atoms with Crippen molar-refractivity contribution < 1.29 is 19.1 Å². The Morgan fingerprint density at radius 1 is 1.07 bits per heavy atom. The van der Waals surface area contributed by atoms with E-state index in [9.17, 15) is 19.1 Å². The molecule has 0 aromatic heterocycles. The third-order valence-electron chi connectivity index (χ3n) is 5.06. The molecule has 0 spiro atoms. The topological polar surface area (TPSA) is 60.9 Å². The summed E-state index contributed by atoms with van der Waals surface area (Å²) in [4.78, 5) is 29.2. The highest BCUT2D eigenvalue weighted by Gasteiger charge is 2.45. The Bertz CT molecular complexity index is 934. The van der Waals surface area contributed by atoms with Gasteiger partial charge < -0.3 is 14.9 Å². The Morgan fingerprint density at radius 2 is 1.69 bits per heavy atom. The first-order valence-electron chi connectivity index (χ1n) is 9.55. The number of carbonyl (C=O) groups is 2. The van der Waals surface area contributed by atoms with E-state index in [4.69, 9.17) is 0 Å². The molecule has 1 aliphatic heterocycles. The van der Waals surface area contributed by atoms with Crippen LogP contribution < -0.4 is 0 Å². The van der Waals surface area contributed by atoms with Gasteiger partial charge in [0.2, 0.25) is 0 Å². The van der Waals surface area contributed by atoms with Crippen molar-refractivity contribution in [1.82, 2.24) is 9.80 Å². The highest BCUT2D eigenvalue weighted by Crippen LogP contribution is 2.39. The van der Waals surface area contributed by atoms with Crippen LogP contribution in [0.15, 0.2) is 54.1 Å². The molecular weight excluding hydrogens is 371 g/mol. The Kier molecular flexibility index (Phi) is 6.13. The number of benzene rings is 2. The fraction of sp³-hybridized carbons (Fsp3) is 0.304. The zero-order chi connectivity index (χ0) is 21.1. The van der Waals surface area contributed by atoms with Crippen LogP contribution in [0.4, 0.5) is 4.39 Å². The first-order valence-corrected chi connectivity index (χ1v) is 9.55. The molecule has 0 bridgehead atoms. The lowest BCUT2D eigenvalue weighted by molar-refractivity contribution is -0.139. The molecule has 152 valence electrons. The van der Waals surface area contributed by atoms with Crippen molar-refractivity contribution in [3.05, 3.63) is 76.6 Å². The minimum Gasteiger partial charge on any atom is -0.507 e. The summed E-state index contributed by atoms with van der Waals surface area (Å²) in [5, 5.41) is 10.9. The molecule has 5 nitrogen and oxygen atoms in total. The molecule has 0 radical (unpaired) electrons. The number of carbonyl (C=O) groups excluding carboxylic acids is 2. The highest BCUT2D eigenvalue weighted by atomic mass is 19.1. The minimum absolute atomic E-state index is 0.0373. The van der Waals surface area contributed by atoms with E-state index in [0.717, 1.165) is 17.7 Å². The van der Waals surface area contributed by atoms with Crippen molar-refractivity contribution in [3.63, 3.8) is 0 Å². The van der Waals surface area contributed by atoms with E-state index < -0.39 is 23.5 Å². The summed E-state index contributed by atoms with van der Waals surface area (Å²) in [6.07, 6.45) is 0.693. The van der Waals surface area contributed by atoms with Gasteiger partial charge in [0.25, 0.3) is 11.7 Å². The SMILES string of the molecule is Cc1ccc([C@@H]2C(=C(O)c3ccc(F)cc3)C(=O)C(=O)N2CCCN(C)C)cc1. The molecule has 3 rings (SSSR count). The summed E-state index contributed by atoms with van der Waals surface area (Å²) in [7, 11) is 3.89. The van der Waals surface area contributed by atoms with Gasteiger partial charge in [-0.05, 0) is 63.8 Å². The molecule has 2 aromatic carbocycles. The second kappa shape index (κ2) is 8.57. The van der Waals surface area contributed by atoms with Gasteiger partial charge in [0.1, 0.15) is 11.6 Å². The number of hydrogen-bond donors (Lipinski definition) is 1. The smallest absolute Gasteiger partial charge is 0.295 e. The summed E-state index contributed by atoms with van der Waals surface area (Å²) < 4.78 is 13.3. The number of nitrogens with zero attached hydrogens (tertiary/aromatic N) is 2. The molecule has 1 saturated heterocycles. The van der Waals surface area contributed by atoms with Crippen LogP contribution in [-0.2, 0) is 9.59 Å². The minimum atomic E-state index is -0.720.